The molecule has 0 N–H and O–H groups in total. The molecule has 0 unspecified atom stereocenters. The van der Waals surface area contributed by atoms with E-state index in [4.69, 9.17) is 4.74 Å². The predicted molar refractivity (Wildman–Crippen MR) is 73.3 cm³/mol. The Hall–Kier alpha value is -1.61. The van der Waals surface area contributed by atoms with Gasteiger partial charge in [-0.2, -0.15) is 0 Å². The van der Waals surface area contributed by atoms with Gasteiger partial charge in [-0.15, -0.1) is 0 Å². The van der Waals surface area contributed by atoms with E-state index in [9.17, 15) is 4.79 Å². The molecule has 18 heavy (non-hydrogen) atoms. The van der Waals surface area contributed by atoms with Crippen molar-refractivity contribution in [2.24, 2.45) is 0 Å². The van der Waals surface area contributed by atoms with E-state index in [2.05, 4.69) is 24.0 Å². The first-order chi connectivity index (χ1) is 8.63. The Bertz CT molecular complexity index is 413. The number of rotatable bonds is 6. The van der Waals surface area contributed by atoms with Crippen LogP contribution in [0.3, 0.4) is 0 Å². The zero-order valence-electron chi connectivity index (χ0n) is 11.3. The molecule has 1 rings (SSSR count). The lowest BCUT2D eigenvalue weighted by molar-refractivity contribution is -0.137. The van der Waals surface area contributed by atoms with Crippen LogP contribution in [0.25, 0.3) is 0 Å². The third-order valence-electron chi connectivity index (χ3n) is 2.66. The van der Waals surface area contributed by atoms with Gasteiger partial charge < -0.3 is 4.74 Å². The van der Waals surface area contributed by atoms with Gasteiger partial charge in [0.15, 0.2) is 0 Å². The van der Waals surface area contributed by atoms with Gasteiger partial charge in [0.25, 0.3) is 0 Å². The minimum atomic E-state index is -0.276. The number of benzene rings is 1. The molecule has 1 aromatic rings. The molecule has 0 aliphatic rings. The van der Waals surface area contributed by atoms with Crippen LogP contribution >= 0.6 is 0 Å². The average molecular weight is 247 g/mol. The van der Waals surface area contributed by atoms with Crippen molar-refractivity contribution in [2.45, 2.75) is 20.4 Å². The largest absolute Gasteiger partial charge is 0.463 e. The van der Waals surface area contributed by atoms with Crippen LogP contribution in [0, 0.1) is 6.92 Å². The van der Waals surface area contributed by atoms with Gasteiger partial charge in [0.2, 0.25) is 0 Å². The lowest BCUT2D eigenvalue weighted by Crippen LogP contribution is -2.18. The molecule has 0 spiro atoms. The molecule has 1 aromatic carbocycles. The molecule has 0 atom stereocenters. The molecule has 0 saturated heterocycles. The van der Waals surface area contributed by atoms with Crippen molar-refractivity contribution in [3.8, 4) is 0 Å². The number of esters is 1. The number of hydrogen-bond donors (Lipinski definition) is 0. The summed E-state index contributed by atoms with van der Waals surface area (Å²) in [4.78, 5) is 13.3. The molecule has 0 amide bonds. The highest BCUT2D eigenvalue weighted by atomic mass is 16.5. The van der Waals surface area contributed by atoms with Gasteiger partial charge in [-0.05, 0) is 32.0 Å². The summed E-state index contributed by atoms with van der Waals surface area (Å²) in [6.07, 6.45) is 3.31. The van der Waals surface area contributed by atoms with Crippen LogP contribution in [0.1, 0.15) is 18.1 Å². The average Bonchev–Trinajstić information content (AvgIpc) is 2.32. The highest BCUT2D eigenvalue weighted by Crippen LogP contribution is 2.09. The summed E-state index contributed by atoms with van der Waals surface area (Å²) in [6.45, 7) is 5.93. The molecular formula is C15H21NO2. The third-order valence-corrected chi connectivity index (χ3v) is 2.66. The molecule has 0 saturated carbocycles. The van der Waals surface area contributed by atoms with Crippen LogP contribution in [-0.4, -0.2) is 31.1 Å². The Balaban J connectivity index is 2.40. The smallest absolute Gasteiger partial charge is 0.330 e. The van der Waals surface area contributed by atoms with Crippen molar-refractivity contribution in [2.75, 3.05) is 20.2 Å². The Morgan fingerprint density at radius 3 is 2.78 bits per heavy atom. The van der Waals surface area contributed by atoms with E-state index in [-0.39, 0.29) is 5.97 Å². The monoisotopic (exact) mass is 247 g/mol. The number of carbonyl (C=O) groups is 1. The van der Waals surface area contributed by atoms with E-state index in [1.54, 1.807) is 6.92 Å². The van der Waals surface area contributed by atoms with Crippen LogP contribution < -0.4 is 0 Å². The Morgan fingerprint density at radius 2 is 2.11 bits per heavy atom. The van der Waals surface area contributed by atoms with Crippen LogP contribution in [-0.2, 0) is 16.1 Å². The number of hydrogen-bond acceptors (Lipinski definition) is 3. The maximum atomic E-state index is 11.1. The van der Waals surface area contributed by atoms with Crippen molar-refractivity contribution in [1.29, 1.82) is 0 Å². The van der Waals surface area contributed by atoms with Crippen LogP contribution in [0.2, 0.25) is 0 Å². The zero-order valence-corrected chi connectivity index (χ0v) is 11.3. The summed E-state index contributed by atoms with van der Waals surface area (Å²) in [5, 5.41) is 0. The van der Waals surface area contributed by atoms with Gasteiger partial charge in [0.1, 0.15) is 0 Å². The molecule has 0 fully saturated rings. The summed E-state index contributed by atoms with van der Waals surface area (Å²) >= 11 is 0. The number of carbonyl (C=O) groups excluding carboxylic acids is 1. The fourth-order valence-electron chi connectivity index (χ4n) is 1.66. The molecule has 0 radical (unpaired) electrons. The van der Waals surface area contributed by atoms with E-state index in [1.165, 1.54) is 17.2 Å². The highest BCUT2D eigenvalue weighted by Gasteiger charge is 2.01. The van der Waals surface area contributed by atoms with Crippen molar-refractivity contribution in [3.05, 3.63) is 47.5 Å². The maximum absolute atomic E-state index is 11.1. The lowest BCUT2D eigenvalue weighted by atomic mass is 10.1. The molecule has 98 valence electrons. The first-order valence-electron chi connectivity index (χ1n) is 6.19. The molecule has 3 heteroatoms. The van der Waals surface area contributed by atoms with Crippen molar-refractivity contribution in [3.63, 3.8) is 0 Å². The fourth-order valence-corrected chi connectivity index (χ4v) is 1.66. The standard InChI is InChI=1S/C15H21NO2/c1-4-18-15(17)10-7-11-16(3)12-14-9-6-5-8-13(14)2/h5-10H,4,11-12H2,1-3H3/b10-7+. The van der Waals surface area contributed by atoms with E-state index in [0.717, 1.165) is 13.1 Å². The second-order valence-electron chi connectivity index (χ2n) is 4.28. The number of ether oxygens (including phenoxy) is 1. The van der Waals surface area contributed by atoms with Crippen LogP contribution in [0.5, 0.6) is 0 Å². The van der Waals surface area contributed by atoms with Crippen molar-refractivity contribution in [1.82, 2.24) is 4.90 Å². The molecular weight excluding hydrogens is 226 g/mol. The molecule has 0 heterocycles. The Kier molecular flexibility index (Phi) is 6.15. The topological polar surface area (TPSA) is 29.5 Å². The molecule has 0 bridgehead atoms. The van der Waals surface area contributed by atoms with Gasteiger partial charge in [-0.1, -0.05) is 30.3 Å². The summed E-state index contributed by atoms with van der Waals surface area (Å²) in [5.74, 6) is -0.276. The molecule has 0 aliphatic heterocycles. The van der Waals surface area contributed by atoms with Crippen molar-refractivity contribution < 1.29 is 9.53 Å². The maximum Gasteiger partial charge on any atom is 0.330 e. The Labute approximate surface area is 109 Å². The summed E-state index contributed by atoms with van der Waals surface area (Å²) in [5.41, 5.74) is 2.60. The number of likely N-dealkylation sites (N-methyl/N-ethyl adjacent to an activating group) is 1. The van der Waals surface area contributed by atoms with Gasteiger partial charge in [-0.25, -0.2) is 4.79 Å². The molecule has 0 aromatic heterocycles. The second-order valence-corrected chi connectivity index (χ2v) is 4.28. The van der Waals surface area contributed by atoms with Gasteiger partial charge in [-0.3, -0.25) is 4.90 Å². The van der Waals surface area contributed by atoms with Gasteiger partial charge >= 0.3 is 5.97 Å². The van der Waals surface area contributed by atoms with E-state index < -0.39 is 0 Å². The molecule has 0 aliphatic carbocycles. The van der Waals surface area contributed by atoms with Crippen LogP contribution in [0.4, 0.5) is 0 Å². The Morgan fingerprint density at radius 1 is 1.39 bits per heavy atom. The predicted octanol–water partition coefficient (Wildman–Crippen LogP) is 2.55. The quantitative estimate of drug-likeness (QED) is 0.571. The SMILES string of the molecule is CCOC(=O)/C=C/CN(C)Cc1ccccc1C. The number of nitrogens with zero attached hydrogens (tertiary/aromatic N) is 1. The first kappa shape index (κ1) is 14.5. The van der Waals surface area contributed by atoms with Gasteiger partial charge in [0.05, 0.1) is 6.61 Å². The third kappa shape index (κ3) is 5.15. The summed E-state index contributed by atoms with van der Waals surface area (Å²) < 4.78 is 4.82. The van der Waals surface area contributed by atoms with E-state index in [0.29, 0.717) is 6.61 Å². The lowest BCUT2D eigenvalue weighted by Gasteiger charge is -2.15. The fraction of sp³-hybridized carbons (Fsp3) is 0.400. The number of aryl methyl sites for hydroxylation is 1. The van der Waals surface area contributed by atoms with Crippen molar-refractivity contribution >= 4 is 5.97 Å². The first-order valence-corrected chi connectivity index (χ1v) is 6.19. The zero-order chi connectivity index (χ0) is 13.4. The minimum Gasteiger partial charge on any atom is -0.463 e. The van der Waals surface area contributed by atoms with Crippen LogP contribution in [0.15, 0.2) is 36.4 Å². The van der Waals surface area contributed by atoms with E-state index in [1.807, 2.05) is 25.3 Å². The second kappa shape index (κ2) is 7.67. The highest BCUT2D eigenvalue weighted by molar-refractivity contribution is 5.81. The molecule has 3 nitrogen and oxygen atoms in total. The normalized spacial score (nSPS) is 11.1. The van der Waals surface area contributed by atoms with E-state index >= 15 is 0 Å². The van der Waals surface area contributed by atoms with Gasteiger partial charge in [0, 0.05) is 19.2 Å². The summed E-state index contributed by atoms with van der Waals surface area (Å²) in [7, 11) is 2.03. The minimum absolute atomic E-state index is 0.276. The summed E-state index contributed by atoms with van der Waals surface area (Å²) in [6, 6.07) is 8.32.